The van der Waals surface area contributed by atoms with Crippen molar-refractivity contribution in [3.63, 3.8) is 0 Å². The molecule has 0 aromatic carbocycles. The Balaban J connectivity index is 2.06. The first-order valence-electron chi connectivity index (χ1n) is 7.81. The predicted octanol–water partition coefficient (Wildman–Crippen LogP) is 4.45. The lowest BCUT2D eigenvalue weighted by Gasteiger charge is -2.29. The molecule has 1 fully saturated rings. The number of carbonyl (C=O) groups is 1. The van der Waals surface area contributed by atoms with E-state index in [0.717, 1.165) is 12.1 Å². The molecule has 1 saturated carbocycles. The molecule has 112 valence electrons. The first-order valence-corrected chi connectivity index (χ1v) is 8.63. The molecule has 3 heteroatoms. The van der Waals surface area contributed by atoms with E-state index in [2.05, 4.69) is 38.7 Å². The van der Waals surface area contributed by atoms with E-state index in [1.54, 1.807) is 11.3 Å². The second-order valence-electron chi connectivity index (χ2n) is 6.51. The molecular weight excluding hydrogens is 266 g/mol. The number of nitrogens with zero attached hydrogens (tertiary/aromatic N) is 1. The fourth-order valence-electron chi connectivity index (χ4n) is 3.26. The number of carbonyl (C=O) groups excluding carboxylic acids is 1. The average molecular weight is 293 g/mol. The summed E-state index contributed by atoms with van der Waals surface area (Å²) in [7, 11) is 0. The summed E-state index contributed by atoms with van der Waals surface area (Å²) < 4.78 is 0. The summed E-state index contributed by atoms with van der Waals surface area (Å²) >= 11 is 1.73. The Labute approximate surface area is 127 Å². The summed E-state index contributed by atoms with van der Waals surface area (Å²) in [5.74, 6) is 0.924. The molecule has 1 aromatic heterocycles. The zero-order chi connectivity index (χ0) is 14.7. The molecule has 0 spiro atoms. The monoisotopic (exact) mass is 293 g/mol. The van der Waals surface area contributed by atoms with Crippen LogP contribution in [0.25, 0.3) is 0 Å². The predicted molar refractivity (Wildman–Crippen MR) is 86.8 cm³/mol. The molecule has 1 aliphatic carbocycles. The maximum atomic E-state index is 12.6. The van der Waals surface area contributed by atoms with Gasteiger partial charge in [-0.05, 0) is 38.7 Å². The Morgan fingerprint density at radius 2 is 2.00 bits per heavy atom. The lowest BCUT2D eigenvalue weighted by atomic mass is 10.1. The van der Waals surface area contributed by atoms with Crippen LogP contribution in [0, 0.1) is 19.8 Å². The van der Waals surface area contributed by atoms with Gasteiger partial charge in [0.15, 0.2) is 5.78 Å². The molecule has 0 saturated heterocycles. The van der Waals surface area contributed by atoms with Gasteiger partial charge in [0.25, 0.3) is 0 Å². The van der Waals surface area contributed by atoms with E-state index < -0.39 is 0 Å². The summed E-state index contributed by atoms with van der Waals surface area (Å²) in [6, 6.07) is 2.69. The van der Waals surface area contributed by atoms with Crippen LogP contribution in [0.5, 0.6) is 0 Å². The minimum atomic E-state index is 0.305. The van der Waals surface area contributed by atoms with Gasteiger partial charge in [0.05, 0.1) is 6.54 Å². The molecular formula is C17H27NOS. The van der Waals surface area contributed by atoms with Gasteiger partial charge < -0.3 is 0 Å². The van der Waals surface area contributed by atoms with Crippen LogP contribution in [0.1, 0.15) is 59.6 Å². The highest BCUT2D eigenvalue weighted by Gasteiger charge is 2.26. The van der Waals surface area contributed by atoms with Gasteiger partial charge in [0.2, 0.25) is 0 Å². The molecule has 0 radical (unpaired) electrons. The highest BCUT2D eigenvalue weighted by atomic mass is 32.1. The van der Waals surface area contributed by atoms with E-state index in [1.807, 2.05) is 0 Å². The van der Waals surface area contributed by atoms with E-state index >= 15 is 0 Å². The molecule has 0 bridgehead atoms. The summed E-state index contributed by atoms with van der Waals surface area (Å²) in [6.45, 7) is 10.3. The molecule has 1 aliphatic rings. The number of rotatable bonds is 6. The van der Waals surface area contributed by atoms with Crippen LogP contribution in [0.2, 0.25) is 0 Å². The van der Waals surface area contributed by atoms with Crippen molar-refractivity contribution in [1.82, 2.24) is 4.90 Å². The fourth-order valence-corrected chi connectivity index (χ4v) is 4.20. The molecule has 20 heavy (non-hydrogen) atoms. The summed E-state index contributed by atoms with van der Waals surface area (Å²) in [6.07, 6.45) is 5.18. The molecule has 1 aromatic rings. The van der Waals surface area contributed by atoms with Crippen LogP contribution in [-0.4, -0.2) is 29.8 Å². The summed E-state index contributed by atoms with van der Waals surface area (Å²) in [5.41, 5.74) is 0.944. The van der Waals surface area contributed by atoms with Crippen molar-refractivity contribution in [2.24, 2.45) is 5.92 Å². The van der Waals surface area contributed by atoms with Crippen LogP contribution in [0.3, 0.4) is 0 Å². The van der Waals surface area contributed by atoms with E-state index in [-0.39, 0.29) is 0 Å². The van der Waals surface area contributed by atoms with Crippen LogP contribution in [-0.2, 0) is 0 Å². The minimum Gasteiger partial charge on any atom is -0.293 e. The van der Waals surface area contributed by atoms with Gasteiger partial charge in [-0.2, -0.15) is 0 Å². The van der Waals surface area contributed by atoms with Crippen molar-refractivity contribution >= 4 is 17.1 Å². The molecule has 0 atom stereocenters. The molecule has 1 heterocycles. The number of hydrogen-bond donors (Lipinski definition) is 0. The second-order valence-corrected chi connectivity index (χ2v) is 7.97. The summed E-state index contributed by atoms with van der Waals surface area (Å²) in [5, 5.41) is 0. The normalized spacial score (nSPS) is 16.5. The standard InChI is InChI=1S/C17H27NOS/c1-12(2)10-18(15-7-5-6-8-15)11-17(19)16-9-13(3)20-14(16)4/h9,12,15H,5-8,10-11H2,1-4H3. The third-order valence-electron chi connectivity index (χ3n) is 4.13. The zero-order valence-electron chi connectivity index (χ0n) is 13.2. The Morgan fingerprint density at radius 1 is 1.35 bits per heavy atom. The van der Waals surface area contributed by atoms with Gasteiger partial charge in [0, 0.05) is 27.9 Å². The van der Waals surface area contributed by atoms with E-state index in [1.165, 1.54) is 35.4 Å². The molecule has 0 aliphatic heterocycles. The fraction of sp³-hybridized carbons (Fsp3) is 0.706. The van der Waals surface area contributed by atoms with Gasteiger partial charge in [-0.3, -0.25) is 9.69 Å². The van der Waals surface area contributed by atoms with Crippen LogP contribution in [0.4, 0.5) is 0 Å². The van der Waals surface area contributed by atoms with Gasteiger partial charge in [-0.1, -0.05) is 26.7 Å². The van der Waals surface area contributed by atoms with Crippen molar-refractivity contribution in [1.29, 1.82) is 0 Å². The number of hydrogen-bond acceptors (Lipinski definition) is 3. The molecule has 0 unspecified atom stereocenters. The Kier molecular flexibility index (Phi) is 5.39. The number of Topliss-reactive ketones (excluding diaryl/α,β-unsaturated/α-hetero) is 1. The number of aryl methyl sites for hydroxylation is 2. The third kappa shape index (κ3) is 3.92. The van der Waals surface area contributed by atoms with E-state index in [4.69, 9.17) is 0 Å². The van der Waals surface area contributed by atoms with E-state index in [0.29, 0.717) is 24.3 Å². The first kappa shape index (κ1) is 15.7. The summed E-state index contributed by atoms with van der Waals surface area (Å²) in [4.78, 5) is 17.4. The lowest BCUT2D eigenvalue weighted by Crippen LogP contribution is -2.40. The van der Waals surface area contributed by atoms with Gasteiger partial charge in [-0.15, -0.1) is 11.3 Å². The molecule has 0 amide bonds. The van der Waals surface area contributed by atoms with Gasteiger partial charge in [0.1, 0.15) is 0 Å². The smallest absolute Gasteiger partial charge is 0.177 e. The number of thiophene rings is 1. The Hall–Kier alpha value is -0.670. The van der Waals surface area contributed by atoms with Crippen LogP contribution >= 0.6 is 11.3 Å². The second kappa shape index (κ2) is 6.86. The molecule has 2 rings (SSSR count). The first-order chi connectivity index (χ1) is 9.47. The van der Waals surface area contributed by atoms with Crippen molar-refractivity contribution in [3.8, 4) is 0 Å². The van der Waals surface area contributed by atoms with Crippen molar-refractivity contribution < 1.29 is 4.79 Å². The molecule has 2 nitrogen and oxygen atoms in total. The Morgan fingerprint density at radius 3 is 2.50 bits per heavy atom. The third-order valence-corrected chi connectivity index (χ3v) is 5.09. The zero-order valence-corrected chi connectivity index (χ0v) is 14.1. The average Bonchev–Trinajstić information content (AvgIpc) is 2.97. The van der Waals surface area contributed by atoms with Crippen molar-refractivity contribution in [2.75, 3.05) is 13.1 Å². The van der Waals surface area contributed by atoms with E-state index in [9.17, 15) is 4.79 Å². The SMILES string of the molecule is Cc1cc(C(=O)CN(CC(C)C)C2CCCC2)c(C)s1. The van der Waals surface area contributed by atoms with Crippen LogP contribution < -0.4 is 0 Å². The highest BCUT2D eigenvalue weighted by Crippen LogP contribution is 2.26. The topological polar surface area (TPSA) is 20.3 Å². The Bertz CT molecular complexity index is 458. The largest absolute Gasteiger partial charge is 0.293 e. The lowest BCUT2D eigenvalue weighted by molar-refractivity contribution is 0.0876. The van der Waals surface area contributed by atoms with Gasteiger partial charge in [-0.25, -0.2) is 0 Å². The molecule has 0 N–H and O–H groups in total. The van der Waals surface area contributed by atoms with Crippen molar-refractivity contribution in [2.45, 2.75) is 59.4 Å². The van der Waals surface area contributed by atoms with Gasteiger partial charge >= 0.3 is 0 Å². The minimum absolute atomic E-state index is 0.305. The van der Waals surface area contributed by atoms with Crippen LogP contribution in [0.15, 0.2) is 6.07 Å². The quantitative estimate of drug-likeness (QED) is 0.722. The number of ketones is 1. The highest BCUT2D eigenvalue weighted by molar-refractivity contribution is 7.12. The van der Waals surface area contributed by atoms with Crippen molar-refractivity contribution in [3.05, 3.63) is 21.4 Å². The maximum absolute atomic E-state index is 12.6. The maximum Gasteiger partial charge on any atom is 0.177 e.